The Balaban J connectivity index is 2.35. The van der Waals surface area contributed by atoms with E-state index in [4.69, 9.17) is 23.7 Å². The van der Waals surface area contributed by atoms with Gasteiger partial charge in [0.2, 0.25) is 5.75 Å². The van der Waals surface area contributed by atoms with E-state index < -0.39 is 36.4 Å². The highest BCUT2D eigenvalue weighted by molar-refractivity contribution is 5.77. The number of carbonyl (C=O) groups excluding carboxylic acids is 1. The Bertz CT molecular complexity index is 977. The molecule has 0 saturated carbocycles. The third kappa shape index (κ3) is 4.32. The molecule has 0 bridgehead atoms. The van der Waals surface area contributed by atoms with E-state index >= 15 is 0 Å². The van der Waals surface area contributed by atoms with Gasteiger partial charge in [0.15, 0.2) is 11.5 Å². The van der Waals surface area contributed by atoms with Gasteiger partial charge in [-0.2, -0.15) is 0 Å². The third-order valence-electron chi connectivity index (χ3n) is 6.30. The lowest BCUT2D eigenvalue weighted by Gasteiger charge is -2.41. The molecule has 0 spiro atoms. The zero-order valence-electron chi connectivity index (χ0n) is 19.9. The first-order valence-corrected chi connectivity index (χ1v) is 10.8. The van der Waals surface area contributed by atoms with Crippen molar-refractivity contribution in [2.24, 2.45) is 11.8 Å². The molecular formula is C25H32O8. The summed E-state index contributed by atoms with van der Waals surface area (Å²) in [6, 6.07) is 7.23. The number of ether oxygens (including phenoxy) is 5. The van der Waals surface area contributed by atoms with E-state index in [0.29, 0.717) is 39.7 Å². The molecule has 8 heteroatoms. The molecule has 1 aliphatic carbocycles. The zero-order valence-corrected chi connectivity index (χ0v) is 19.9. The summed E-state index contributed by atoms with van der Waals surface area (Å²) in [5.41, 5.74) is 2.87. The van der Waals surface area contributed by atoms with Gasteiger partial charge in [0.05, 0.1) is 47.1 Å². The van der Waals surface area contributed by atoms with E-state index in [0.717, 1.165) is 5.56 Å². The Morgan fingerprint density at radius 1 is 0.909 bits per heavy atom. The van der Waals surface area contributed by atoms with Crippen LogP contribution in [0.2, 0.25) is 0 Å². The zero-order chi connectivity index (χ0) is 24.3. The van der Waals surface area contributed by atoms with Crippen LogP contribution in [0.3, 0.4) is 0 Å². The van der Waals surface area contributed by atoms with Crippen molar-refractivity contribution >= 4 is 5.97 Å². The molecular weight excluding hydrogens is 428 g/mol. The summed E-state index contributed by atoms with van der Waals surface area (Å²) < 4.78 is 27.4. The maximum atomic E-state index is 13.2. The number of carbonyl (C=O) groups is 1. The lowest BCUT2D eigenvalue weighted by Crippen LogP contribution is -2.41. The largest absolute Gasteiger partial charge is 0.496 e. The first-order chi connectivity index (χ1) is 15.9. The molecule has 2 aromatic rings. The fraction of sp³-hybridized carbons (Fsp3) is 0.480. The SMILES string of the molecule is CCOC(=O)[C@@H]1C(CO)C(O)c2cc(C)c(OC)cc2[C@H]1c1cc(OC)c(OC)c(OC)c1. The Morgan fingerprint density at radius 3 is 2.00 bits per heavy atom. The molecule has 0 amide bonds. The van der Waals surface area contributed by atoms with Gasteiger partial charge < -0.3 is 33.9 Å². The molecule has 3 rings (SSSR count). The predicted octanol–water partition coefficient (Wildman–Crippen LogP) is 3.00. The Kier molecular flexibility index (Phi) is 7.71. The van der Waals surface area contributed by atoms with Crippen molar-refractivity contribution in [1.82, 2.24) is 0 Å². The van der Waals surface area contributed by atoms with Crippen LogP contribution in [-0.2, 0) is 9.53 Å². The van der Waals surface area contributed by atoms with E-state index in [1.807, 2.05) is 19.1 Å². The molecule has 33 heavy (non-hydrogen) atoms. The number of methoxy groups -OCH3 is 4. The standard InChI is InChI=1S/C25H32O8/c1-7-33-25(28)22-17(12-26)23(27)16-8-13(2)18(29-3)11-15(16)21(22)14-9-19(30-4)24(32-6)20(10-14)31-5/h8-11,17,21-23,26-27H,7,12H2,1-6H3/t17?,21-,22-,23?/m1/s1. The Labute approximate surface area is 194 Å². The highest BCUT2D eigenvalue weighted by Gasteiger charge is 2.48. The molecule has 2 aromatic carbocycles. The van der Waals surface area contributed by atoms with Crippen molar-refractivity contribution < 1.29 is 38.7 Å². The van der Waals surface area contributed by atoms with E-state index in [-0.39, 0.29) is 6.61 Å². The molecule has 1 aliphatic rings. The smallest absolute Gasteiger partial charge is 0.310 e. The van der Waals surface area contributed by atoms with Crippen LogP contribution in [0.5, 0.6) is 23.0 Å². The van der Waals surface area contributed by atoms with Crippen LogP contribution in [0.25, 0.3) is 0 Å². The quantitative estimate of drug-likeness (QED) is 0.580. The Hall–Kier alpha value is -2.97. The van der Waals surface area contributed by atoms with E-state index in [1.54, 1.807) is 26.2 Å². The van der Waals surface area contributed by atoms with Crippen molar-refractivity contribution in [2.45, 2.75) is 25.9 Å². The summed E-state index contributed by atoms with van der Waals surface area (Å²) in [7, 11) is 6.13. The predicted molar refractivity (Wildman–Crippen MR) is 121 cm³/mol. The fourth-order valence-electron chi connectivity index (χ4n) is 4.77. The van der Waals surface area contributed by atoms with Crippen LogP contribution < -0.4 is 18.9 Å². The van der Waals surface area contributed by atoms with Gasteiger partial charge >= 0.3 is 5.97 Å². The number of benzene rings is 2. The van der Waals surface area contributed by atoms with Crippen molar-refractivity contribution in [2.75, 3.05) is 41.7 Å². The molecule has 4 atom stereocenters. The maximum absolute atomic E-state index is 13.2. The van der Waals surface area contributed by atoms with Gasteiger partial charge in [-0.1, -0.05) is 0 Å². The van der Waals surface area contributed by atoms with Crippen LogP contribution in [0, 0.1) is 18.8 Å². The lowest BCUT2D eigenvalue weighted by molar-refractivity contribution is -0.154. The average molecular weight is 461 g/mol. The van der Waals surface area contributed by atoms with Crippen LogP contribution in [-0.4, -0.2) is 57.8 Å². The summed E-state index contributed by atoms with van der Waals surface area (Å²) in [5, 5.41) is 21.4. The number of aliphatic hydroxyl groups is 2. The molecule has 2 N–H and O–H groups in total. The molecule has 0 heterocycles. The summed E-state index contributed by atoms with van der Waals surface area (Å²) >= 11 is 0. The third-order valence-corrected chi connectivity index (χ3v) is 6.30. The van der Waals surface area contributed by atoms with Gasteiger partial charge in [-0.15, -0.1) is 0 Å². The van der Waals surface area contributed by atoms with Crippen molar-refractivity contribution in [1.29, 1.82) is 0 Å². The number of aryl methyl sites for hydroxylation is 1. The molecule has 0 aromatic heterocycles. The number of esters is 1. The van der Waals surface area contributed by atoms with E-state index in [1.165, 1.54) is 21.3 Å². The minimum atomic E-state index is -1.05. The van der Waals surface area contributed by atoms with Crippen LogP contribution >= 0.6 is 0 Å². The van der Waals surface area contributed by atoms with Gasteiger partial charge in [-0.25, -0.2) is 0 Å². The second-order valence-corrected chi connectivity index (χ2v) is 7.96. The lowest BCUT2D eigenvalue weighted by atomic mass is 9.65. The summed E-state index contributed by atoms with van der Waals surface area (Å²) in [5.74, 6) is -0.775. The van der Waals surface area contributed by atoms with Gasteiger partial charge in [0.25, 0.3) is 0 Å². The number of aliphatic hydroxyl groups excluding tert-OH is 2. The van der Waals surface area contributed by atoms with Crippen molar-refractivity contribution in [3.63, 3.8) is 0 Å². The highest BCUT2D eigenvalue weighted by Crippen LogP contribution is 2.52. The number of hydrogen-bond donors (Lipinski definition) is 2. The second kappa shape index (κ2) is 10.3. The summed E-state index contributed by atoms with van der Waals surface area (Å²) in [6.45, 7) is 3.39. The van der Waals surface area contributed by atoms with Crippen molar-refractivity contribution in [3.8, 4) is 23.0 Å². The topological polar surface area (TPSA) is 104 Å². The Morgan fingerprint density at radius 2 is 1.52 bits per heavy atom. The maximum Gasteiger partial charge on any atom is 0.310 e. The first-order valence-electron chi connectivity index (χ1n) is 10.8. The van der Waals surface area contributed by atoms with E-state index in [9.17, 15) is 15.0 Å². The van der Waals surface area contributed by atoms with Gasteiger partial charge in [-0.3, -0.25) is 4.79 Å². The molecule has 0 saturated heterocycles. The van der Waals surface area contributed by atoms with Crippen LogP contribution in [0.15, 0.2) is 24.3 Å². The highest BCUT2D eigenvalue weighted by atomic mass is 16.5. The molecule has 0 aliphatic heterocycles. The summed E-state index contributed by atoms with van der Waals surface area (Å²) in [4.78, 5) is 13.2. The molecule has 0 fully saturated rings. The van der Waals surface area contributed by atoms with Crippen LogP contribution in [0.1, 0.15) is 41.2 Å². The molecule has 2 unspecified atom stereocenters. The number of fused-ring (bicyclic) bond motifs is 1. The minimum Gasteiger partial charge on any atom is -0.496 e. The van der Waals surface area contributed by atoms with Crippen LogP contribution in [0.4, 0.5) is 0 Å². The second-order valence-electron chi connectivity index (χ2n) is 7.96. The molecule has 180 valence electrons. The van der Waals surface area contributed by atoms with Gasteiger partial charge in [0, 0.05) is 18.4 Å². The van der Waals surface area contributed by atoms with E-state index in [2.05, 4.69) is 0 Å². The van der Waals surface area contributed by atoms with Crippen molar-refractivity contribution in [3.05, 3.63) is 46.5 Å². The molecule has 8 nitrogen and oxygen atoms in total. The monoisotopic (exact) mass is 460 g/mol. The van der Waals surface area contributed by atoms with Gasteiger partial charge in [0.1, 0.15) is 5.75 Å². The number of rotatable bonds is 8. The average Bonchev–Trinajstić information content (AvgIpc) is 2.82. The fourth-order valence-corrected chi connectivity index (χ4v) is 4.77. The number of hydrogen-bond acceptors (Lipinski definition) is 8. The van der Waals surface area contributed by atoms with Gasteiger partial charge in [-0.05, 0) is 60.4 Å². The first kappa shape index (κ1) is 24.7. The normalized spacial score (nSPS) is 21.7. The summed E-state index contributed by atoms with van der Waals surface area (Å²) in [6.07, 6.45) is -1.05. The molecule has 0 radical (unpaired) electrons. The minimum absolute atomic E-state index is 0.176.